The van der Waals surface area contributed by atoms with Crippen LogP contribution in [0.2, 0.25) is 5.02 Å². The van der Waals surface area contributed by atoms with E-state index in [1.807, 2.05) is 0 Å². The fourth-order valence-electron chi connectivity index (χ4n) is 1.95. The van der Waals surface area contributed by atoms with Gasteiger partial charge in [-0.05, 0) is 37.1 Å². The van der Waals surface area contributed by atoms with Crippen LogP contribution in [0.15, 0.2) is 24.3 Å². The van der Waals surface area contributed by atoms with E-state index in [0.29, 0.717) is 29.2 Å². The number of ketones is 1. The van der Waals surface area contributed by atoms with Gasteiger partial charge in [0, 0.05) is 29.5 Å². The first kappa shape index (κ1) is 12.1. The molecule has 1 aliphatic rings. The number of carbonyl (C=O) groups excluding carboxylic acids is 2. The van der Waals surface area contributed by atoms with Gasteiger partial charge in [-0.1, -0.05) is 11.6 Å². The first-order chi connectivity index (χ1) is 8.15. The Morgan fingerprint density at radius 1 is 1.18 bits per heavy atom. The van der Waals surface area contributed by atoms with Gasteiger partial charge < -0.3 is 5.32 Å². The normalized spacial score (nSPS) is 16.9. The third-order valence-electron chi connectivity index (χ3n) is 2.98. The molecule has 0 aromatic heterocycles. The van der Waals surface area contributed by atoms with Crippen molar-refractivity contribution >= 4 is 23.3 Å². The summed E-state index contributed by atoms with van der Waals surface area (Å²) in [6, 6.07) is 6.91. The molecule has 0 aliphatic heterocycles. The van der Waals surface area contributed by atoms with Crippen molar-refractivity contribution in [3.8, 4) is 0 Å². The predicted molar refractivity (Wildman–Crippen MR) is 66.2 cm³/mol. The SMILES string of the molecule is O=C1CCC(NC(=O)c2ccc(Cl)cc2)CC1. The van der Waals surface area contributed by atoms with E-state index in [2.05, 4.69) is 5.32 Å². The second-order valence-corrected chi connectivity index (χ2v) is 4.73. The molecule has 1 amide bonds. The molecule has 1 fully saturated rings. The van der Waals surface area contributed by atoms with Gasteiger partial charge in [0.15, 0.2) is 0 Å². The summed E-state index contributed by atoms with van der Waals surface area (Å²) in [5, 5.41) is 3.56. The van der Waals surface area contributed by atoms with Gasteiger partial charge >= 0.3 is 0 Å². The zero-order chi connectivity index (χ0) is 12.3. The molecule has 0 heterocycles. The number of carbonyl (C=O) groups is 2. The molecule has 1 N–H and O–H groups in total. The maximum absolute atomic E-state index is 11.9. The molecular weight excluding hydrogens is 238 g/mol. The highest BCUT2D eigenvalue weighted by Gasteiger charge is 2.20. The molecule has 0 spiro atoms. The molecule has 0 bridgehead atoms. The minimum absolute atomic E-state index is 0.0963. The minimum Gasteiger partial charge on any atom is -0.349 e. The molecule has 0 atom stereocenters. The van der Waals surface area contributed by atoms with Crippen molar-refractivity contribution < 1.29 is 9.59 Å². The van der Waals surface area contributed by atoms with Gasteiger partial charge in [0.2, 0.25) is 0 Å². The summed E-state index contributed by atoms with van der Waals surface area (Å²) in [6.07, 6.45) is 2.65. The van der Waals surface area contributed by atoms with Gasteiger partial charge in [-0.25, -0.2) is 0 Å². The van der Waals surface area contributed by atoms with Crippen molar-refractivity contribution in [2.75, 3.05) is 0 Å². The van der Waals surface area contributed by atoms with Crippen LogP contribution in [0, 0.1) is 0 Å². The number of hydrogen-bond donors (Lipinski definition) is 1. The highest BCUT2D eigenvalue weighted by molar-refractivity contribution is 6.30. The van der Waals surface area contributed by atoms with Crippen LogP contribution in [0.3, 0.4) is 0 Å². The Balaban J connectivity index is 1.93. The Bertz CT molecular complexity index is 418. The van der Waals surface area contributed by atoms with Crippen molar-refractivity contribution in [3.05, 3.63) is 34.9 Å². The molecule has 1 aliphatic carbocycles. The number of halogens is 1. The highest BCUT2D eigenvalue weighted by Crippen LogP contribution is 2.16. The predicted octanol–water partition coefficient (Wildman–Crippen LogP) is 2.58. The van der Waals surface area contributed by atoms with E-state index in [-0.39, 0.29) is 11.9 Å². The van der Waals surface area contributed by atoms with Crippen LogP contribution in [0.5, 0.6) is 0 Å². The number of rotatable bonds is 2. The number of benzene rings is 1. The zero-order valence-electron chi connectivity index (χ0n) is 9.41. The van der Waals surface area contributed by atoms with E-state index in [0.717, 1.165) is 12.8 Å². The Morgan fingerprint density at radius 2 is 1.76 bits per heavy atom. The highest BCUT2D eigenvalue weighted by atomic mass is 35.5. The molecule has 4 heteroatoms. The van der Waals surface area contributed by atoms with E-state index < -0.39 is 0 Å². The van der Waals surface area contributed by atoms with E-state index in [4.69, 9.17) is 11.6 Å². The largest absolute Gasteiger partial charge is 0.349 e. The molecule has 0 radical (unpaired) electrons. The molecular formula is C13H14ClNO2. The Labute approximate surface area is 105 Å². The smallest absolute Gasteiger partial charge is 0.251 e. The fourth-order valence-corrected chi connectivity index (χ4v) is 2.08. The lowest BCUT2D eigenvalue weighted by Gasteiger charge is -2.22. The topological polar surface area (TPSA) is 46.2 Å². The van der Waals surface area contributed by atoms with Crippen molar-refractivity contribution in [1.82, 2.24) is 5.32 Å². The molecule has 17 heavy (non-hydrogen) atoms. The maximum Gasteiger partial charge on any atom is 0.251 e. The van der Waals surface area contributed by atoms with Gasteiger partial charge in [0.05, 0.1) is 0 Å². The standard InChI is InChI=1S/C13H14ClNO2/c14-10-3-1-9(2-4-10)13(17)15-11-5-7-12(16)8-6-11/h1-4,11H,5-8H2,(H,15,17). The lowest BCUT2D eigenvalue weighted by molar-refractivity contribution is -0.120. The summed E-state index contributed by atoms with van der Waals surface area (Å²) in [5.74, 6) is 0.197. The third-order valence-corrected chi connectivity index (χ3v) is 3.24. The summed E-state index contributed by atoms with van der Waals surface area (Å²) in [6.45, 7) is 0. The first-order valence-electron chi connectivity index (χ1n) is 5.73. The summed E-state index contributed by atoms with van der Waals surface area (Å²) in [7, 11) is 0. The maximum atomic E-state index is 11.9. The number of Topliss-reactive ketones (excluding diaryl/α,β-unsaturated/α-hetero) is 1. The second kappa shape index (κ2) is 5.32. The second-order valence-electron chi connectivity index (χ2n) is 4.29. The molecule has 1 aromatic rings. The summed E-state index contributed by atoms with van der Waals surface area (Å²) in [5.41, 5.74) is 0.603. The van der Waals surface area contributed by atoms with Gasteiger partial charge in [-0.2, -0.15) is 0 Å². The first-order valence-corrected chi connectivity index (χ1v) is 6.11. The van der Waals surface area contributed by atoms with E-state index in [1.54, 1.807) is 24.3 Å². The van der Waals surface area contributed by atoms with Crippen LogP contribution in [0.25, 0.3) is 0 Å². The Kier molecular flexibility index (Phi) is 3.79. The van der Waals surface area contributed by atoms with E-state index in [1.165, 1.54) is 0 Å². The van der Waals surface area contributed by atoms with Crippen LogP contribution >= 0.6 is 11.6 Å². The fraction of sp³-hybridized carbons (Fsp3) is 0.385. The summed E-state index contributed by atoms with van der Waals surface area (Å²) < 4.78 is 0. The molecule has 2 rings (SSSR count). The molecule has 3 nitrogen and oxygen atoms in total. The number of amides is 1. The monoisotopic (exact) mass is 251 g/mol. The zero-order valence-corrected chi connectivity index (χ0v) is 10.2. The van der Waals surface area contributed by atoms with Crippen molar-refractivity contribution in [3.63, 3.8) is 0 Å². The molecule has 0 saturated heterocycles. The van der Waals surface area contributed by atoms with Crippen LogP contribution in [0.4, 0.5) is 0 Å². The van der Waals surface area contributed by atoms with Crippen LogP contribution in [0.1, 0.15) is 36.0 Å². The molecule has 1 aromatic carbocycles. The van der Waals surface area contributed by atoms with Gasteiger partial charge in [0.1, 0.15) is 5.78 Å². The summed E-state index contributed by atoms with van der Waals surface area (Å²) >= 11 is 5.76. The van der Waals surface area contributed by atoms with Crippen molar-refractivity contribution in [1.29, 1.82) is 0 Å². The van der Waals surface area contributed by atoms with Crippen LogP contribution in [-0.4, -0.2) is 17.7 Å². The van der Waals surface area contributed by atoms with E-state index in [9.17, 15) is 9.59 Å². The van der Waals surface area contributed by atoms with Crippen molar-refractivity contribution in [2.24, 2.45) is 0 Å². The Hall–Kier alpha value is -1.35. The number of hydrogen-bond acceptors (Lipinski definition) is 2. The van der Waals surface area contributed by atoms with Gasteiger partial charge in [-0.3, -0.25) is 9.59 Å². The summed E-state index contributed by atoms with van der Waals surface area (Å²) in [4.78, 5) is 22.9. The molecule has 90 valence electrons. The average molecular weight is 252 g/mol. The van der Waals surface area contributed by atoms with E-state index >= 15 is 0 Å². The van der Waals surface area contributed by atoms with Gasteiger partial charge in [0.25, 0.3) is 5.91 Å². The quantitative estimate of drug-likeness (QED) is 0.878. The van der Waals surface area contributed by atoms with Crippen molar-refractivity contribution in [2.45, 2.75) is 31.7 Å². The Morgan fingerprint density at radius 3 is 2.35 bits per heavy atom. The lowest BCUT2D eigenvalue weighted by Crippen LogP contribution is -2.37. The van der Waals surface area contributed by atoms with Gasteiger partial charge in [-0.15, -0.1) is 0 Å². The lowest BCUT2D eigenvalue weighted by atomic mass is 9.94. The number of nitrogens with one attached hydrogen (secondary N) is 1. The molecule has 1 saturated carbocycles. The molecule has 0 unspecified atom stereocenters. The van der Waals surface area contributed by atoms with Crippen LogP contribution < -0.4 is 5.32 Å². The average Bonchev–Trinajstić information content (AvgIpc) is 2.33. The minimum atomic E-state index is -0.0963. The van der Waals surface area contributed by atoms with Crippen LogP contribution in [-0.2, 0) is 4.79 Å². The third kappa shape index (κ3) is 3.30.